The fourth-order valence-corrected chi connectivity index (χ4v) is 1.83. The van der Waals surface area contributed by atoms with Gasteiger partial charge in [0.25, 0.3) is 0 Å². The van der Waals surface area contributed by atoms with Crippen LogP contribution in [0.4, 0.5) is 0 Å². The quantitative estimate of drug-likeness (QED) is 0.796. The molecule has 1 atom stereocenters. The molecule has 1 aromatic rings. The van der Waals surface area contributed by atoms with E-state index in [1.165, 1.54) is 23.1 Å². The molecule has 0 fully saturated rings. The topological polar surface area (TPSA) is 26.0 Å². The minimum Gasteiger partial charge on any atom is -0.324 e. The molecule has 0 heterocycles. The standard InChI is InChI=1S/C14H23N/c1-10(2)5-8-14(15)13-9-11(3)6-7-12(13)4/h6-7,9-10,14H,5,8,15H2,1-4H3/t14-/m0/s1. The van der Waals surface area contributed by atoms with Gasteiger partial charge in [0.2, 0.25) is 0 Å². The number of rotatable bonds is 4. The lowest BCUT2D eigenvalue weighted by molar-refractivity contribution is 0.506. The van der Waals surface area contributed by atoms with E-state index in [-0.39, 0.29) is 6.04 Å². The van der Waals surface area contributed by atoms with Gasteiger partial charge in [-0.25, -0.2) is 0 Å². The van der Waals surface area contributed by atoms with E-state index in [9.17, 15) is 0 Å². The third kappa shape index (κ3) is 3.67. The van der Waals surface area contributed by atoms with Crippen molar-refractivity contribution in [1.82, 2.24) is 0 Å². The maximum atomic E-state index is 6.21. The molecule has 0 unspecified atom stereocenters. The van der Waals surface area contributed by atoms with Crippen LogP contribution in [0.5, 0.6) is 0 Å². The molecule has 0 aliphatic heterocycles. The summed E-state index contributed by atoms with van der Waals surface area (Å²) in [6.45, 7) is 8.76. The predicted octanol–water partition coefficient (Wildman–Crippen LogP) is 3.74. The zero-order chi connectivity index (χ0) is 11.4. The van der Waals surface area contributed by atoms with Crippen LogP contribution in [0.3, 0.4) is 0 Å². The fourth-order valence-electron chi connectivity index (χ4n) is 1.83. The van der Waals surface area contributed by atoms with E-state index in [1.54, 1.807) is 0 Å². The molecule has 0 spiro atoms. The third-order valence-electron chi connectivity index (χ3n) is 2.89. The normalized spacial score (nSPS) is 13.2. The van der Waals surface area contributed by atoms with Crippen LogP contribution in [-0.4, -0.2) is 0 Å². The van der Waals surface area contributed by atoms with Gasteiger partial charge in [0.15, 0.2) is 0 Å². The molecule has 1 aromatic carbocycles. The largest absolute Gasteiger partial charge is 0.324 e. The van der Waals surface area contributed by atoms with E-state index in [4.69, 9.17) is 5.73 Å². The summed E-state index contributed by atoms with van der Waals surface area (Å²) in [5, 5.41) is 0. The maximum absolute atomic E-state index is 6.21. The van der Waals surface area contributed by atoms with Crippen LogP contribution in [0.2, 0.25) is 0 Å². The van der Waals surface area contributed by atoms with Crippen molar-refractivity contribution in [1.29, 1.82) is 0 Å². The van der Waals surface area contributed by atoms with E-state index in [1.807, 2.05) is 0 Å². The van der Waals surface area contributed by atoms with E-state index in [0.29, 0.717) is 0 Å². The highest BCUT2D eigenvalue weighted by Gasteiger charge is 2.09. The Bertz CT molecular complexity index is 315. The van der Waals surface area contributed by atoms with E-state index >= 15 is 0 Å². The van der Waals surface area contributed by atoms with Crippen molar-refractivity contribution >= 4 is 0 Å². The number of benzene rings is 1. The van der Waals surface area contributed by atoms with Gasteiger partial charge in [0.05, 0.1) is 0 Å². The molecule has 1 nitrogen and oxygen atoms in total. The minimum absolute atomic E-state index is 0.201. The van der Waals surface area contributed by atoms with Crippen LogP contribution in [0.25, 0.3) is 0 Å². The van der Waals surface area contributed by atoms with Crippen molar-refractivity contribution in [2.75, 3.05) is 0 Å². The average molecular weight is 205 g/mol. The van der Waals surface area contributed by atoms with Crippen molar-refractivity contribution in [2.45, 2.75) is 46.6 Å². The Hall–Kier alpha value is -0.820. The summed E-state index contributed by atoms with van der Waals surface area (Å²) >= 11 is 0. The smallest absolute Gasteiger partial charge is 0.0297 e. The molecule has 2 N–H and O–H groups in total. The second-order valence-electron chi connectivity index (χ2n) is 4.94. The Balaban J connectivity index is 2.72. The summed E-state index contributed by atoms with van der Waals surface area (Å²) < 4.78 is 0. The van der Waals surface area contributed by atoms with Gasteiger partial charge in [-0.2, -0.15) is 0 Å². The molecule has 15 heavy (non-hydrogen) atoms. The van der Waals surface area contributed by atoms with Crippen LogP contribution < -0.4 is 5.73 Å². The van der Waals surface area contributed by atoms with Crippen LogP contribution in [0, 0.1) is 19.8 Å². The molecule has 0 radical (unpaired) electrons. The highest BCUT2D eigenvalue weighted by Crippen LogP contribution is 2.22. The SMILES string of the molecule is Cc1ccc(C)c([C@@H](N)CCC(C)C)c1. The van der Waals surface area contributed by atoms with E-state index < -0.39 is 0 Å². The Kier molecular flexibility index (Phi) is 4.34. The zero-order valence-electron chi connectivity index (χ0n) is 10.4. The van der Waals surface area contributed by atoms with Crippen LogP contribution in [0.15, 0.2) is 18.2 Å². The molecule has 0 aliphatic carbocycles. The molecular formula is C14H23N. The average Bonchev–Trinajstić information content (AvgIpc) is 2.18. The molecule has 1 heteroatoms. The summed E-state index contributed by atoms with van der Waals surface area (Å²) in [6, 6.07) is 6.74. The molecule has 0 aliphatic rings. The summed E-state index contributed by atoms with van der Waals surface area (Å²) in [5.41, 5.74) is 10.1. The first-order valence-electron chi connectivity index (χ1n) is 5.83. The summed E-state index contributed by atoms with van der Waals surface area (Å²) in [6.07, 6.45) is 2.29. The van der Waals surface area contributed by atoms with Crippen molar-refractivity contribution in [3.8, 4) is 0 Å². The highest BCUT2D eigenvalue weighted by atomic mass is 14.6. The van der Waals surface area contributed by atoms with Gasteiger partial charge in [-0.3, -0.25) is 0 Å². The van der Waals surface area contributed by atoms with Gasteiger partial charge >= 0.3 is 0 Å². The maximum Gasteiger partial charge on any atom is 0.0297 e. The second-order valence-corrected chi connectivity index (χ2v) is 4.94. The number of hydrogen-bond donors (Lipinski definition) is 1. The number of aryl methyl sites for hydroxylation is 2. The van der Waals surface area contributed by atoms with Gasteiger partial charge in [0.1, 0.15) is 0 Å². The van der Waals surface area contributed by atoms with Crippen molar-refractivity contribution < 1.29 is 0 Å². The first-order valence-corrected chi connectivity index (χ1v) is 5.83. The Labute approximate surface area is 93.7 Å². The Morgan fingerprint density at radius 3 is 2.40 bits per heavy atom. The van der Waals surface area contributed by atoms with E-state index in [0.717, 1.165) is 12.3 Å². The van der Waals surface area contributed by atoms with Gasteiger partial charge in [-0.1, -0.05) is 37.6 Å². The first kappa shape index (κ1) is 12.3. The molecule has 0 aromatic heterocycles. The molecule has 0 saturated carbocycles. The Morgan fingerprint density at radius 2 is 1.80 bits per heavy atom. The fraction of sp³-hybridized carbons (Fsp3) is 0.571. The van der Waals surface area contributed by atoms with Gasteiger partial charge in [-0.15, -0.1) is 0 Å². The minimum atomic E-state index is 0.201. The van der Waals surface area contributed by atoms with Crippen LogP contribution >= 0.6 is 0 Å². The molecular weight excluding hydrogens is 182 g/mol. The van der Waals surface area contributed by atoms with Gasteiger partial charge in [-0.05, 0) is 43.7 Å². The second kappa shape index (κ2) is 5.32. The molecule has 84 valence electrons. The summed E-state index contributed by atoms with van der Waals surface area (Å²) in [5.74, 6) is 0.737. The lowest BCUT2D eigenvalue weighted by Gasteiger charge is -2.16. The first-order chi connectivity index (χ1) is 7.00. The van der Waals surface area contributed by atoms with Gasteiger partial charge < -0.3 is 5.73 Å². The third-order valence-corrected chi connectivity index (χ3v) is 2.89. The summed E-state index contributed by atoms with van der Waals surface area (Å²) in [4.78, 5) is 0. The van der Waals surface area contributed by atoms with Crippen molar-refractivity contribution in [3.63, 3.8) is 0 Å². The molecule has 0 amide bonds. The molecule has 0 bridgehead atoms. The van der Waals surface area contributed by atoms with Crippen LogP contribution in [0.1, 0.15) is 49.4 Å². The monoisotopic (exact) mass is 205 g/mol. The zero-order valence-corrected chi connectivity index (χ0v) is 10.4. The number of hydrogen-bond acceptors (Lipinski definition) is 1. The Morgan fingerprint density at radius 1 is 1.13 bits per heavy atom. The van der Waals surface area contributed by atoms with Gasteiger partial charge in [0, 0.05) is 6.04 Å². The van der Waals surface area contributed by atoms with Crippen molar-refractivity contribution in [3.05, 3.63) is 34.9 Å². The lowest BCUT2D eigenvalue weighted by Crippen LogP contribution is -2.12. The lowest BCUT2D eigenvalue weighted by atomic mass is 9.94. The predicted molar refractivity (Wildman–Crippen MR) is 66.9 cm³/mol. The highest BCUT2D eigenvalue weighted by molar-refractivity contribution is 5.32. The van der Waals surface area contributed by atoms with Crippen LogP contribution in [-0.2, 0) is 0 Å². The van der Waals surface area contributed by atoms with Crippen molar-refractivity contribution in [2.24, 2.45) is 11.7 Å². The molecule has 1 rings (SSSR count). The summed E-state index contributed by atoms with van der Waals surface area (Å²) in [7, 11) is 0. The molecule has 0 saturated heterocycles. The number of nitrogens with two attached hydrogens (primary N) is 1. The van der Waals surface area contributed by atoms with E-state index in [2.05, 4.69) is 45.9 Å².